The number of nitrogens with one attached hydrogen (secondary N) is 1. The quantitative estimate of drug-likeness (QED) is 0.864. The van der Waals surface area contributed by atoms with Crippen molar-refractivity contribution in [2.45, 2.75) is 26.8 Å². The Kier molecular flexibility index (Phi) is 3.15. The molecule has 2 rings (SSSR count). The highest BCUT2D eigenvalue weighted by atomic mass is 16.5. The van der Waals surface area contributed by atoms with Crippen LogP contribution in [0.3, 0.4) is 0 Å². The SMILES string of the molecule is Cc1ccncc1C(C)NC(=O)C1(C)COC1. The van der Waals surface area contributed by atoms with Crippen molar-refractivity contribution in [3.63, 3.8) is 0 Å². The van der Waals surface area contributed by atoms with Crippen molar-refractivity contribution in [2.24, 2.45) is 5.41 Å². The summed E-state index contributed by atoms with van der Waals surface area (Å²) in [5.74, 6) is 0.0551. The first-order chi connectivity index (χ1) is 8.03. The predicted molar refractivity (Wildman–Crippen MR) is 64.5 cm³/mol. The molecule has 1 amide bonds. The van der Waals surface area contributed by atoms with Gasteiger partial charge in [0, 0.05) is 12.4 Å². The van der Waals surface area contributed by atoms with Crippen molar-refractivity contribution in [2.75, 3.05) is 13.2 Å². The van der Waals surface area contributed by atoms with Gasteiger partial charge in [-0.05, 0) is 38.0 Å². The van der Waals surface area contributed by atoms with Crippen molar-refractivity contribution in [1.29, 1.82) is 0 Å². The van der Waals surface area contributed by atoms with Crippen LogP contribution in [0.2, 0.25) is 0 Å². The zero-order valence-electron chi connectivity index (χ0n) is 10.5. The molecule has 92 valence electrons. The van der Waals surface area contributed by atoms with E-state index in [1.54, 1.807) is 12.4 Å². The second-order valence-corrected chi connectivity index (χ2v) is 4.98. The molecule has 2 heterocycles. The van der Waals surface area contributed by atoms with E-state index in [0.29, 0.717) is 13.2 Å². The van der Waals surface area contributed by atoms with Gasteiger partial charge in [0.05, 0.1) is 24.7 Å². The fraction of sp³-hybridized carbons (Fsp3) is 0.538. The Balaban J connectivity index is 2.04. The molecule has 1 aromatic heterocycles. The summed E-state index contributed by atoms with van der Waals surface area (Å²) in [5.41, 5.74) is 1.84. The van der Waals surface area contributed by atoms with Crippen molar-refractivity contribution >= 4 is 5.91 Å². The Morgan fingerprint density at radius 3 is 2.82 bits per heavy atom. The molecule has 0 bridgehead atoms. The maximum atomic E-state index is 12.0. The number of aromatic nitrogens is 1. The van der Waals surface area contributed by atoms with E-state index in [1.165, 1.54) is 0 Å². The summed E-state index contributed by atoms with van der Waals surface area (Å²) in [5, 5.41) is 3.02. The largest absolute Gasteiger partial charge is 0.379 e. The number of carbonyl (C=O) groups is 1. The van der Waals surface area contributed by atoms with E-state index in [4.69, 9.17) is 4.74 Å². The van der Waals surface area contributed by atoms with Crippen LogP contribution in [0.15, 0.2) is 18.5 Å². The van der Waals surface area contributed by atoms with Gasteiger partial charge in [-0.3, -0.25) is 9.78 Å². The van der Waals surface area contributed by atoms with Crippen LogP contribution in [0.25, 0.3) is 0 Å². The number of pyridine rings is 1. The van der Waals surface area contributed by atoms with E-state index in [1.807, 2.05) is 26.8 Å². The van der Waals surface area contributed by atoms with Gasteiger partial charge >= 0.3 is 0 Å². The fourth-order valence-corrected chi connectivity index (χ4v) is 1.92. The summed E-state index contributed by atoms with van der Waals surface area (Å²) in [6.45, 7) is 6.95. The Labute approximate surface area is 101 Å². The van der Waals surface area contributed by atoms with E-state index in [0.717, 1.165) is 11.1 Å². The van der Waals surface area contributed by atoms with E-state index >= 15 is 0 Å². The smallest absolute Gasteiger partial charge is 0.231 e. The molecule has 1 aliphatic heterocycles. The summed E-state index contributed by atoms with van der Waals surface area (Å²) < 4.78 is 5.10. The first-order valence-electron chi connectivity index (χ1n) is 5.82. The third-order valence-corrected chi connectivity index (χ3v) is 3.28. The third kappa shape index (κ3) is 2.31. The Morgan fingerprint density at radius 2 is 2.29 bits per heavy atom. The Bertz CT molecular complexity index is 427. The summed E-state index contributed by atoms with van der Waals surface area (Å²) in [6.07, 6.45) is 3.56. The lowest BCUT2D eigenvalue weighted by Gasteiger charge is -2.37. The minimum absolute atomic E-state index is 0.0198. The number of ether oxygens (including phenoxy) is 1. The van der Waals surface area contributed by atoms with Crippen LogP contribution in [0.5, 0.6) is 0 Å². The maximum absolute atomic E-state index is 12.0. The number of aryl methyl sites for hydroxylation is 1. The summed E-state index contributed by atoms with van der Waals surface area (Å²) >= 11 is 0. The maximum Gasteiger partial charge on any atom is 0.231 e. The Hall–Kier alpha value is -1.42. The van der Waals surface area contributed by atoms with Crippen LogP contribution in [-0.4, -0.2) is 24.1 Å². The van der Waals surface area contributed by atoms with E-state index < -0.39 is 0 Å². The van der Waals surface area contributed by atoms with Crippen LogP contribution in [0.4, 0.5) is 0 Å². The number of nitrogens with zero attached hydrogens (tertiary/aromatic N) is 1. The molecule has 0 spiro atoms. The van der Waals surface area contributed by atoms with Gasteiger partial charge in [0.2, 0.25) is 5.91 Å². The van der Waals surface area contributed by atoms with Crippen LogP contribution < -0.4 is 5.32 Å². The van der Waals surface area contributed by atoms with Gasteiger partial charge in [-0.15, -0.1) is 0 Å². The fourth-order valence-electron chi connectivity index (χ4n) is 1.92. The van der Waals surface area contributed by atoms with Gasteiger partial charge in [0.15, 0.2) is 0 Å². The molecule has 0 radical (unpaired) electrons. The monoisotopic (exact) mass is 234 g/mol. The number of hydrogen-bond donors (Lipinski definition) is 1. The number of amides is 1. The molecule has 1 fully saturated rings. The molecular weight excluding hydrogens is 216 g/mol. The van der Waals surface area contributed by atoms with Gasteiger partial charge < -0.3 is 10.1 Å². The molecule has 1 N–H and O–H groups in total. The Morgan fingerprint density at radius 1 is 1.59 bits per heavy atom. The van der Waals surface area contributed by atoms with Gasteiger partial charge in [0.1, 0.15) is 0 Å². The van der Waals surface area contributed by atoms with Gasteiger partial charge in [-0.25, -0.2) is 0 Å². The van der Waals surface area contributed by atoms with Crippen LogP contribution in [0.1, 0.15) is 31.0 Å². The zero-order valence-corrected chi connectivity index (χ0v) is 10.5. The molecule has 0 aromatic carbocycles. The van der Waals surface area contributed by atoms with E-state index in [2.05, 4.69) is 10.3 Å². The van der Waals surface area contributed by atoms with Crippen molar-refractivity contribution in [3.05, 3.63) is 29.6 Å². The highest BCUT2D eigenvalue weighted by Gasteiger charge is 2.41. The van der Waals surface area contributed by atoms with Crippen molar-refractivity contribution < 1.29 is 9.53 Å². The summed E-state index contributed by atoms with van der Waals surface area (Å²) in [4.78, 5) is 16.1. The predicted octanol–water partition coefficient (Wildman–Crippen LogP) is 1.60. The molecular formula is C13H18N2O2. The molecule has 0 saturated carbocycles. The molecule has 1 unspecified atom stereocenters. The lowest BCUT2D eigenvalue weighted by Crippen LogP contribution is -2.52. The summed E-state index contributed by atoms with van der Waals surface area (Å²) in [6, 6.07) is 1.93. The van der Waals surface area contributed by atoms with Crippen LogP contribution in [-0.2, 0) is 9.53 Å². The molecule has 1 aromatic rings. The molecule has 4 nitrogen and oxygen atoms in total. The van der Waals surface area contributed by atoms with Crippen molar-refractivity contribution in [3.8, 4) is 0 Å². The lowest BCUT2D eigenvalue weighted by molar-refractivity contribution is -0.158. The first kappa shape index (κ1) is 12.0. The van der Waals surface area contributed by atoms with Gasteiger partial charge in [0.25, 0.3) is 0 Å². The standard InChI is InChI=1S/C13H18N2O2/c1-9-4-5-14-6-11(9)10(2)15-12(16)13(3)7-17-8-13/h4-6,10H,7-8H2,1-3H3,(H,15,16). The van der Waals surface area contributed by atoms with Crippen LogP contribution >= 0.6 is 0 Å². The van der Waals surface area contributed by atoms with E-state index in [-0.39, 0.29) is 17.4 Å². The summed E-state index contributed by atoms with van der Waals surface area (Å²) in [7, 11) is 0. The minimum Gasteiger partial charge on any atom is -0.379 e. The molecule has 1 atom stereocenters. The van der Waals surface area contributed by atoms with E-state index in [9.17, 15) is 4.79 Å². The molecule has 17 heavy (non-hydrogen) atoms. The molecule has 1 aliphatic rings. The molecule has 4 heteroatoms. The number of hydrogen-bond acceptors (Lipinski definition) is 3. The van der Waals surface area contributed by atoms with Gasteiger partial charge in [-0.2, -0.15) is 0 Å². The highest BCUT2D eigenvalue weighted by Crippen LogP contribution is 2.28. The topological polar surface area (TPSA) is 51.2 Å². The second kappa shape index (κ2) is 4.45. The average molecular weight is 234 g/mol. The normalized spacial score (nSPS) is 19.2. The van der Waals surface area contributed by atoms with Gasteiger partial charge in [-0.1, -0.05) is 0 Å². The molecule has 1 saturated heterocycles. The second-order valence-electron chi connectivity index (χ2n) is 4.98. The number of rotatable bonds is 3. The first-order valence-corrected chi connectivity index (χ1v) is 5.82. The average Bonchev–Trinajstić information content (AvgIpc) is 2.26. The van der Waals surface area contributed by atoms with Crippen molar-refractivity contribution in [1.82, 2.24) is 10.3 Å². The van der Waals surface area contributed by atoms with Crippen LogP contribution in [0, 0.1) is 12.3 Å². The zero-order chi connectivity index (χ0) is 12.5. The number of carbonyl (C=O) groups excluding carboxylic acids is 1. The molecule has 0 aliphatic carbocycles. The highest BCUT2D eigenvalue weighted by molar-refractivity contribution is 5.83. The lowest BCUT2D eigenvalue weighted by atomic mass is 9.87. The third-order valence-electron chi connectivity index (χ3n) is 3.28. The minimum atomic E-state index is -0.357.